The van der Waals surface area contributed by atoms with Crippen molar-refractivity contribution in [3.05, 3.63) is 69.0 Å². The number of benzene rings is 2. The van der Waals surface area contributed by atoms with Gasteiger partial charge in [0.15, 0.2) is 5.82 Å². The SMILES string of the molecule is Cc1ccc(OCc2nnc(SCc3ccc(Cl)c(Cl)c3)n2N)c(C)c1. The van der Waals surface area contributed by atoms with Gasteiger partial charge in [-0.15, -0.1) is 10.2 Å². The standard InChI is InChI=1S/C18H18Cl2N4OS/c1-11-3-6-16(12(2)7-11)25-9-17-22-23-18(24(17)21)26-10-13-4-5-14(19)15(20)8-13/h3-8H,9-10,21H2,1-2H3. The molecule has 0 atom stereocenters. The van der Waals surface area contributed by atoms with Crippen LogP contribution in [-0.4, -0.2) is 14.9 Å². The van der Waals surface area contributed by atoms with Gasteiger partial charge in [0.1, 0.15) is 12.4 Å². The first-order valence-electron chi connectivity index (χ1n) is 7.90. The Morgan fingerprint density at radius 3 is 2.62 bits per heavy atom. The van der Waals surface area contributed by atoms with Crippen molar-refractivity contribution in [2.75, 3.05) is 5.84 Å². The Hall–Kier alpha value is -1.89. The third-order valence-electron chi connectivity index (χ3n) is 3.77. The lowest BCUT2D eigenvalue weighted by Gasteiger charge is -2.09. The molecule has 136 valence electrons. The van der Waals surface area contributed by atoms with Crippen molar-refractivity contribution in [2.45, 2.75) is 31.4 Å². The number of nitrogens with zero attached hydrogens (tertiary/aromatic N) is 3. The summed E-state index contributed by atoms with van der Waals surface area (Å²) in [6.07, 6.45) is 0. The van der Waals surface area contributed by atoms with Crippen LogP contribution in [0.1, 0.15) is 22.5 Å². The van der Waals surface area contributed by atoms with E-state index in [2.05, 4.69) is 16.3 Å². The van der Waals surface area contributed by atoms with Crippen LogP contribution in [0.2, 0.25) is 10.0 Å². The molecule has 0 radical (unpaired) electrons. The van der Waals surface area contributed by atoms with Crippen molar-refractivity contribution in [1.29, 1.82) is 0 Å². The summed E-state index contributed by atoms with van der Waals surface area (Å²) in [5.74, 6) is 8.11. The smallest absolute Gasteiger partial charge is 0.210 e. The summed E-state index contributed by atoms with van der Waals surface area (Å²) in [5.41, 5.74) is 3.29. The van der Waals surface area contributed by atoms with E-state index >= 15 is 0 Å². The molecule has 3 rings (SSSR count). The molecule has 8 heteroatoms. The van der Waals surface area contributed by atoms with Gasteiger partial charge in [0.2, 0.25) is 5.16 Å². The average Bonchev–Trinajstić information content (AvgIpc) is 2.95. The summed E-state index contributed by atoms with van der Waals surface area (Å²) in [4.78, 5) is 0. The molecule has 0 aliphatic rings. The summed E-state index contributed by atoms with van der Waals surface area (Å²) in [5, 5.41) is 9.92. The molecule has 0 spiro atoms. The molecule has 0 fully saturated rings. The van der Waals surface area contributed by atoms with Crippen LogP contribution in [-0.2, 0) is 12.4 Å². The van der Waals surface area contributed by atoms with E-state index in [1.54, 1.807) is 6.07 Å². The Kier molecular flexibility index (Phi) is 5.96. The van der Waals surface area contributed by atoms with Crippen LogP contribution < -0.4 is 10.6 Å². The summed E-state index contributed by atoms with van der Waals surface area (Å²) in [6, 6.07) is 11.5. The van der Waals surface area contributed by atoms with Gasteiger partial charge >= 0.3 is 0 Å². The fourth-order valence-corrected chi connectivity index (χ4v) is 3.52. The summed E-state index contributed by atoms with van der Waals surface area (Å²) in [7, 11) is 0. The molecular weight excluding hydrogens is 391 g/mol. The maximum Gasteiger partial charge on any atom is 0.210 e. The molecule has 0 aliphatic carbocycles. The minimum atomic E-state index is 0.251. The zero-order chi connectivity index (χ0) is 18.7. The number of hydrogen-bond acceptors (Lipinski definition) is 5. The van der Waals surface area contributed by atoms with E-state index in [-0.39, 0.29) is 6.61 Å². The van der Waals surface area contributed by atoms with Crippen LogP contribution in [0, 0.1) is 13.8 Å². The van der Waals surface area contributed by atoms with Crippen LogP contribution in [0.4, 0.5) is 0 Å². The van der Waals surface area contributed by atoms with Crippen molar-refractivity contribution < 1.29 is 4.74 Å². The Bertz CT molecular complexity index is 930. The minimum absolute atomic E-state index is 0.251. The third-order valence-corrected chi connectivity index (χ3v) is 5.53. The number of nitrogen functional groups attached to an aromatic ring is 1. The Balaban J connectivity index is 1.63. The monoisotopic (exact) mass is 408 g/mol. The highest BCUT2D eigenvalue weighted by molar-refractivity contribution is 7.98. The van der Waals surface area contributed by atoms with Gasteiger partial charge in [-0.25, -0.2) is 4.68 Å². The van der Waals surface area contributed by atoms with Crippen molar-refractivity contribution in [1.82, 2.24) is 14.9 Å². The van der Waals surface area contributed by atoms with Crippen molar-refractivity contribution in [3.63, 3.8) is 0 Å². The first kappa shape index (κ1) is 18.9. The largest absolute Gasteiger partial charge is 0.485 e. The molecular formula is C18H18Cl2N4OS. The minimum Gasteiger partial charge on any atom is -0.485 e. The molecule has 0 amide bonds. The summed E-state index contributed by atoms with van der Waals surface area (Å²) >= 11 is 13.4. The topological polar surface area (TPSA) is 66.0 Å². The van der Waals surface area contributed by atoms with Crippen LogP contribution >= 0.6 is 35.0 Å². The maximum absolute atomic E-state index is 6.09. The van der Waals surface area contributed by atoms with Crippen LogP contribution in [0.25, 0.3) is 0 Å². The number of nitrogens with two attached hydrogens (primary N) is 1. The predicted octanol–water partition coefficient (Wildman–Crippen LogP) is 4.79. The van der Waals surface area contributed by atoms with Gasteiger partial charge in [-0.1, -0.05) is 58.7 Å². The van der Waals surface area contributed by atoms with E-state index < -0.39 is 0 Å². The van der Waals surface area contributed by atoms with Gasteiger partial charge in [-0.05, 0) is 43.2 Å². The molecule has 2 N–H and O–H groups in total. The first-order chi connectivity index (χ1) is 12.4. The van der Waals surface area contributed by atoms with E-state index in [1.165, 1.54) is 22.0 Å². The summed E-state index contributed by atoms with van der Waals surface area (Å²) in [6.45, 7) is 4.30. The van der Waals surface area contributed by atoms with E-state index in [1.807, 2.05) is 38.1 Å². The quantitative estimate of drug-likeness (QED) is 0.469. The summed E-state index contributed by atoms with van der Waals surface area (Å²) < 4.78 is 7.27. The number of hydrogen-bond donors (Lipinski definition) is 1. The highest BCUT2D eigenvalue weighted by Crippen LogP contribution is 2.27. The Morgan fingerprint density at radius 1 is 1.08 bits per heavy atom. The molecule has 0 aliphatic heterocycles. The number of aromatic nitrogens is 3. The molecule has 1 aromatic heterocycles. The third kappa shape index (κ3) is 4.44. The maximum atomic E-state index is 6.09. The number of halogens is 2. The molecule has 1 heterocycles. The van der Waals surface area contributed by atoms with Crippen molar-refractivity contribution in [3.8, 4) is 5.75 Å². The lowest BCUT2D eigenvalue weighted by molar-refractivity contribution is 0.289. The Labute approximate surface area is 166 Å². The molecule has 2 aromatic carbocycles. The van der Waals surface area contributed by atoms with Gasteiger partial charge < -0.3 is 10.6 Å². The van der Waals surface area contributed by atoms with E-state index in [9.17, 15) is 0 Å². The average molecular weight is 409 g/mol. The van der Waals surface area contributed by atoms with Gasteiger partial charge in [-0.3, -0.25) is 0 Å². The molecule has 5 nitrogen and oxygen atoms in total. The molecule has 26 heavy (non-hydrogen) atoms. The van der Waals surface area contributed by atoms with E-state index in [4.69, 9.17) is 33.8 Å². The van der Waals surface area contributed by atoms with Crippen LogP contribution in [0.3, 0.4) is 0 Å². The second kappa shape index (κ2) is 8.20. The van der Waals surface area contributed by atoms with Crippen LogP contribution in [0.15, 0.2) is 41.6 Å². The van der Waals surface area contributed by atoms with Crippen molar-refractivity contribution >= 4 is 35.0 Å². The molecule has 0 saturated heterocycles. The normalized spacial score (nSPS) is 10.9. The van der Waals surface area contributed by atoms with E-state index in [0.29, 0.717) is 26.8 Å². The second-order valence-corrected chi connectivity index (χ2v) is 7.62. The van der Waals surface area contributed by atoms with Gasteiger partial charge in [0.05, 0.1) is 10.0 Å². The number of aryl methyl sites for hydroxylation is 2. The lowest BCUT2D eigenvalue weighted by Crippen LogP contribution is -2.16. The lowest BCUT2D eigenvalue weighted by atomic mass is 10.1. The predicted molar refractivity (Wildman–Crippen MR) is 106 cm³/mol. The number of rotatable bonds is 6. The first-order valence-corrected chi connectivity index (χ1v) is 9.64. The van der Waals surface area contributed by atoms with Crippen molar-refractivity contribution in [2.24, 2.45) is 0 Å². The molecule has 0 unspecified atom stereocenters. The second-order valence-electron chi connectivity index (χ2n) is 5.86. The van der Waals surface area contributed by atoms with E-state index in [0.717, 1.165) is 16.9 Å². The van der Waals surface area contributed by atoms with Gasteiger partial charge in [0.25, 0.3) is 0 Å². The zero-order valence-electron chi connectivity index (χ0n) is 14.4. The fraction of sp³-hybridized carbons (Fsp3) is 0.222. The van der Waals surface area contributed by atoms with Gasteiger partial charge in [-0.2, -0.15) is 0 Å². The zero-order valence-corrected chi connectivity index (χ0v) is 16.7. The van der Waals surface area contributed by atoms with Crippen LogP contribution in [0.5, 0.6) is 5.75 Å². The number of thioether (sulfide) groups is 1. The highest BCUT2D eigenvalue weighted by atomic mass is 35.5. The molecule has 3 aromatic rings. The van der Waals surface area contributed by atoms with Gasteiger partial charge in [0, 0.05) is 5.75 Å². The molecule has 0 saturated carbocycles. The fourth-order valence-electron chi connectivity index (χ4n) is 2.38. The Morgan fingerprint density at radius 2 is 1.88 bits per heavy atom. The molecule has 0 bridgehead atoms. The highest BCUT2D eigenvalue weighted by Gasteiger charge is 2.12. The number of ether oxygens (including phenoxy) is 1.